The molecule has 0 atom stereocenters. The molecule has 12 heavy (non-hydrogen) atoms. The minimum Gasteiger partial charge on any atom is -0.342 e. The Morgan fingerprint density at radius 1 is 1.67 bits per heavy atom. The predicted octanol–water partition coefficient (Wildman–Crippen LogP) is 1.16. The minimum atomic E-state index is 0.243. The molecule has 1 aliphatic carbocycles. The Morgan fingerprint density at radius 2 is 2.33 bits per heavy atom. The van der Waals surface area contributed by atoms with Crippen LogP contribution in [-0.4, -0.2) is 23.9 Å². The van der Waals surface area contributed by atoms with Crippen LogP contribution in [0.2, 0.25) is 0 Å². The van der Waals surface area contributed by atoms with Crippen molar-refractivity contribution in [3.63, 3.8) is 0 Å². The standard InChI is InChI=1S/C9H14N2O/c1-2-11(7-3-6-10)9(12)8-4-5-8/h8H,2-5,7H2,1H3. The van der Waals surface area contributed by atoms with E-state index in [0.717, 1.165) is 19.4 Å². The first-order chi connectivity index (χ1) is 5.79. The van der Waals surface area contributed by atoms with E-state index in [1.54, 1.807) is 4.90 Å². The van der Waals surface area contributed by atoms with Gasteiger partial charge in [-0.3, -0.25) is 4.79 Å². The molecule has 0 aromatic heterocycles. The highest BCUT2D eigenvalue weighted by Crippen LogP contribution is 2.30. The fraction of sp³-hybridized carbons (Fsp3) is 0.778. The number of carbonyl (C=O) groups excluding carboxylic acids is 1. The molecule has 1 saturated carbocycles. The third-order valence-corrected chi connectivity index (χ3v) is 2.11. The van der Waals surface area contributed by atoms with Crippen molar-refractivity contribution >= 4 is 5.91 Å². The van der Waals surface area contributed by atoms with Crippen LogP contribution < -0.4 is 0 Å². The van der Waals surface area contributed by atoms with Gasteiger partial charge in [-0.25, -0.2) is 0 Å². The second-order valence-electron chi connectivity index (χ2n) is 3.10. The largest absolute Gasteiger partial charge is 0.342 e. The second kappa shape index (κ2) is 4.10. The monoisotopic (exact) mass is 166 g/mol. The van der Waals surface area contributed by atoms with E-state index in [-0.39, 0.29) is 11.8 Å². The fourth-order valence-corrected chi connectivity index (χ4v) is 1.20. The molecule has 3 nitrogen and oxygen atoms in total. The van der Waals surface area contributed by atoms with Crippen LogP contribution in [0.25, 0.3) is 0 Å². The molecule has 0 radical (unpaired) electrons. The van der Waals surface area contributed by atoms with Crippen LogP contribution in [0, 0.1) is 17.2 Å². The Bertz CT molecular complexity index is 203. The Kier molecular flexibility index (Phi) is 3.09. The molecule has 1 rings (SSSR count). The van der Waals surface area contributed by atoms with E-state index < -0.39 is 0 Å². The van der Waals surface area contributed by atoms with E-state index in [0.29, 0.717) is 13.0 Å². The van der Waals surface area contributed by atoms with Crippen LogP contribution in [-0.2, 0) is 4.79 Å². The van der Waals surface area contributed by atoms with Crippen molar-refractivity contribution in [2.45, 2.75) is 26.2 Å². The molecule has 0 saturated heterocycles. The lowest BCUT2D eigenvalue weighted by Gasteiger charge is -2.18. The Morgan fingerprint density at radius 3 is 2.75 bits per heavy atom. The average molecular weight is 166 g/mol. The number of rotatable bonds is 4. The summed E-state index contributed by atoms with van der Waals surface area (Å²) in [5.41, 5.74) is 0. The van der Waals surface area contributed by atoms with Gasteiger partial charge in [0.25, 0.3) is 0 Å². The molecule has 0 spiro atoms. The van der Waals surface area contributed by atoms with Gasteiger partial charge in [0, 0.05) is 19.0 Å². The molecular weight excluding hydrogens is 152 g/mol. The van der Waals surface area contributed by atoms with Crippen LogP contribution in [0.1, 0.15) is 26.2 Å². The summed E-state index contributed by atoms with van der Waals surface area (Å²) in [6.07, 6.45) is 2.54. The van der Waals surface area contributed by atoms with Gasteiger partial charge < -0.3 is 4.90 Å². The van der Waals surface area contributed by atoms with Gasteiger partial charge in [-0.2, -0.15) is 5.26 Å². The van der Waals surface area contributed by atoms with E-state index in [1.165, 1.54) is 0 Å². The molecule has 0 aliphatic heterocycles. The van der Waals surface area contributed by atoms with Gasteiger partial charge in [0.2, 0.25) is 5.91 Å². The summed E-state index contributed by atoms with van der Waals surface area (Å²) in [4.78, 5) is 13.2. The Hall–Kier alpha value is -1.04. The lowest BCUT2D eigenvalue weighted by atomic mass is 10.3. The van der Waals surface area contributed by atoms with Crippen molar-refractivity contribution < 1.29 is 4.79 Å². The Balaban J connectivity index is 2.33. The number of carbonyl (C=O) groups is 1. The molecule has 0 aromatic carbocycles. The second-order valence-corrected chi connectivity index (χ2v) is 3.10. The summed E-state index contributed by atoms with van der Waals surface area (Å²) >= 11 is 0. The average Bonchev–Trinajstić information content (AvgIpc) is 2.88. The van der Waals surface area contributed by atoms with Gasteiger partial charge in [0.1, 0.15) is 0 Å². The highest BCUT2D eigenvalue weighted by atomic mass is 16.2. The maximum absolute atomic E-state index is 11.5. The molecule has 0 unspecified atom stereocenters. The van der Waals surface area contributed by atoms with Gasteiger partial charge >= 0.3 is 0 Å². The number of amides is 1. The summed E-state index contributed by atoms with van der Waals surface area (Å²) < 4.78 is 0. The van der Waals surface area contributed by atoms with Gasteiger partial charge in [-0.1, -0.05) is 0 Å². The van der Waals surface area contributed by atoms with Crippen molar-refractivity contribution in [3.8, 4) is 6.07 Å². The van der Waals surface area contributed by atoms with Gasteiger partial charge in [0.15, 0.2) is 0 Å². The van der Waals surface area contributed by atoms with Gasteiger partial charge in [-0.15, -0.1) is 0 Å². The molecular formula is C9H14N2O. The SMILES string of the molecule is CCN(CCC#N)C(=O)C1CC1. The molecule has 1 amide bonds. The predicted molar refractivity (Wildman–Crippen MR) is 45.2 cm³/mol. The highest BCUT2D eigenvalue weighted by molar-refractivity contribution is 5.80. The van der Waals surface area contributed by atoms with Gasteiger partial charge in [0.05, 0.1) is 12.5 Å². The number of nitrogens with zero attached hydrogens (tertiary/aromatic N) is 2. The van der Waals surface area contributed by atoms with E-state index in [1.807, 2.05) is 6.92 Å². The van der Waals surface area contributed by atoms with Crippen LogP contribution in [0.15, 0.2) is 0 Å². The van der Waals surface area contributed by atoms with Crippen molar-refractivity contribution in [1.82, 2.24) is 4.90 Å². The van der Waals surface area contributed by atoms with E-state index in [2.05, 4.69) is 6.07 Å². The first-order valence-corrected chi connectivity index (χ1v) is 4.45. The maximum atomic E-state index is 11.5. The molecule has 3 heteroatoms. The zero-order valence-corrected chi connectivity index (χ0v) is 7.42. The summed E-state index contributed by atoms with van der Waals surface area (Å²) in [7, 11) is 0. The molecule has 1 fully saturated rings. The van der Waals surface area contributed by atoms with Crippen molar-refractivity contribution in [2.24, 2.45) is 5.92 Å². The normalized spacial score (nSPS) is 15.3. The van der Waals surface area contributed by atoms with E-state index >= 15 is 0 Å². The summed E-state index contributed by atoms with van der Waals surface area (Å²) in [6, 6.07) is 2.05. The first-order valence-electron chi connectivity index (χ1n) is 4.45. The Labute approximate surface area is 73.0 Å². The quantitative estimate of drug-likeness (QED) is 0.629. The molecule has 66 valence electrons. The smallest absolute Gasteiger partial charge is 0.225 e. The molecule has 0 aromatic rings. The van der Waals surface area contributed by atoms with Crippen LogP contribution in [0.5, 0.6) is 0 Å². The lowest BCUT2D eigenvalue weighted by Crippen LogP contribution is -2.32. The maximum Gasteiger partial charge on any atom is 0.225 e. The van der Waals surface area contributed by atoms with E-state index in [9.17, 15) is 4.79 Å². The summed E-state index contributed by atoms with van der Waals surface area (Å²) in [6.45, 7) is 3.29. The third kappa shape index (κ3) is 2.23. The van der Waals surface area contributed by atoms with Crippen LogP contribution in [0.3, 0.4) is 0 Å². The van der Waals surface area contributed by atoms with Crippen LogP contribution in [0.4, 0.5) is 0 Å². The van der Waals surface area contributed by atoms with Crippen LogP contribution >= 0.6 is 0 Å². The lowest BCUT2D eigenvalue weighted by molar-refractivity contribution is -0.132. The molecule has 1 aliphatic rings. The zero-order chi connectivity index (χ0) is 8.97. The fourth-order valence-electron chi connectivity index (χ4n) is 1.20. The summed E-state index contributed by atoms with van der Waals surface area (Å²) in [5, 5.41) is 8.36. The topological polar surface area (TPSA) is 44.1 Å². The number of nitriles is 1. The van der Waals surface area contributed by atoms with Gasteiger partial charge in [-0.05, 0) is 19.8 Å². The molecule has 0 heterocycles. The highest BCUT2D eigenvalue weighted by Gasteiger charge is 2.32. The first kappa shape index (κ1) is 9.05. The van der Waals surface area contributed by atoms with Crippen molar-refractivity contribution in [1.29, 1.82) is 5.26 Å². The van der Waals surface area contributed by atoms with Crippen molar-refractivity contribution in [2.75, 3.05) is 13.1 Å². The van der Waals surface area contributed by atoms with Crippen molar-refractivity contribution in [3.05, 3.63) is 0 Å². The zero-order valence-electron chi connectivity index (χ0n) is 7.42. The number of hydrogen-bond acceptors (Lipinski definition) is 2. The minimum absolute atomic E-state index is 0.243. The number of hydrogen-bond donors (Lipinski definition) is 0. The third-order valence-electron chi connectivity index (χ3n) is 2.11. The molecule has 0 N–H and O–H groups in total. The summed E-state index contributed by atoms with van der Waals surface area (Å²) in [5.74, 6) is 0.524. The molecule has 0 bridgehead atoms. The van der Waals surface area contributed by atoms with E-state index in [4.69, 9.17) is 5.26 Å².